The third-order valence-electron chi connectivity index (χ3n) is 5.17. The van der Waals surface area contributed by atoms with Crippen molar-refractivity contribution in [3.05, 3.63) is 24.3 Å². The van der Waals surface area contributed by atoms with E-state index in [0.29, 0.717) is 12.3 Å². The maximum atomic E-state index is 12.4. The number of esters is 2. The molecule has 0 unspecified atom stereocenters. The van der Waals surface area contributed by atoms with Gasteiger partial charge in [0.1, 0.15) is 0 Å². The summed E-state index contributed by atoms with van der Waals surface area (Å²) in [5.41, 5.74) is -0.600. The largest absolute Gasteiger partial charge is 0.465 e. The van der Waals surface area contributed by atoms with Gasteiger partial charge in [0.15, 0.2) is 5.41 Å². The lowest BCUT2D eigenvalue weighted by Gasteiger charge is -2.26. The molecule has 3 rings (SSSR count). The molecule has 3 aliphatic rings. The second-order valence-corrected chi connectivity index (χ2v) is 5.85. The fourth-order valence-corrected chi connectivity index (χ4v) is 4.20. The van der Waals surface area contributed by atoms with Crippen molar-refractivity contribution in [2.75, 3.05) is 13.2 Å². The van der Waals surface area contributed by atoms with E-state index in [9.17, 15) is 9.59 Å². The molecule has 0 aromatic heterocycles. The SMILES string of the molecule is C=C1[C@H]2C=C[C@H](C2)[C@]12CC2(C(=O)OCC)C(=O)OCC. The van der Waals surface area contributed by atoms with Gasteiger partial charge in [-0.2, -0.15) is 0 Å². The highest BCUT2D eigenvalue weighted by molar-refractivity contribution is 6.06. The predicted octanol–water partition coefficient (Wildman–Crippen LogP) is 2.25. The molecule has 4 heteroatoms. The topological polar surface area (TPSA) is 52.6 Å². The van der Waals surface area contributed by atoms with Crippen molar-refractivity contribution in [3.8, 4) is 0 Å². The van der Waals surface area contributed by atoms with Gasteiger partial charge in [0.2, 0.25) is 0 Å². The molecule has 0 aromatic carbocycles. The lowest BCUT2D eigenvalue weighted by molar-refractivity contribution is -0.166. The van der Waals surface area contributed by atoms with E-state index in [2.05, 4.69) is 18.7 Å². The Bertz CT molecular complexity index is 501. The summed E-state index contributed by atoms with van der Waals surface area (Å²) >= 11 is 0. The Hall–Kier alpha value is -1.58. The number of rotatable bonds is 4. The summed E-state index contributed by atoms with van der Waals surface area (Å²) in [5.74, 6) is -0.374. The molecule has 0 radical (unpaired) electrons. The lowest BCUT2D eigenvalue weighted by atomic mass is 9.78. The highest BCUT2D eigenvalue weighted by Gasteiger charge is 2.83. The Morgan fingerprint density at radius 1 is 1.25 bits per heavy atom. The zero-order valence-corrected chi connectivity index (χ0v) is 12.0. The van der Waals surface area contributed by atoms with Gasteiger partial charge in [-0.05, 0) is 38.5 Å². The molecule has 0 aromatic rings. The van der Waals surface area contributed by atoms with Crippen LogP contribution in [0.15, 0.2) is 24.3 Å². The van der Waals surface area contributed by atoms with E-state index in [4.69, 9.17) is 9.47 Å². The van der Waals surface area contributed by atoms with E-state index in [1.807, 2.05) is 0 Å². The van der Waals surface area contributed by atoms with E-state index in [1.165, 1.54) is 0 Å². The van der Waals surface area contributed by atoms with E-state index >= 15 is 0 Å². The Morgan fingerprint density at radius 2 is 1.85 bits per heavy atom. The van der Waals surface area contributed by atoms with Crippen LogP contribution in [0.5, 0.6) is 0 Å². The summed E-state index contributed by atoms with van der Waals surface area (Å²) in [7, 11) is 0. The number of allylic oxidation sites excluding steroid dienone is 3. The molecule has 2 saturated carbocycles. The molecule has 0 saturated heterocycles. The van der Waals surface area contributed by atoms with E-state index in [0.717, 1.165) is 12.0 Å². The Balaban J connectivity index is 1.99. The first-order valence-electron chi connectivity index (χ1n) is 7.26. The minimum Gasteiger partial charge on any atom is -0.465 e. The van der Waals surface area contributed by atoms with Crippen LogP contribution in [-0.4, -0.2) is 25.2 Å². The molecule has 0 amide bonds. The Labute approximate surface area is 118 Å². The number of fused-ring (bicyclic) bond motifs is 3. The van der Waals surface area contributed by atoms with Crippen molar-refractivity contribution in [1.82, 2.24) is 0 Å². The minimum atomic E-state index is -1.15. The first kappa shape index (κ1) is 13.4. The van der Waals surface area contributed by atoms with Gasteiger partial charge in [0.05, 0.1) is 13.2 Å². The first-order valence-corrected chi connectivity index (χ1v) is 7.26. The van der Waals surface area contributed by atoms with Crippen LogP contribution < -0.4 is 0 Å². The molecule has 2 bridgehead atoms. The van der Waals surface area contributed by atoms with Crippen LogP contribution >= 0.6 is 0 Å². The summed E-state index contributed by atoms with van der Waals surface area (Å²) in [6.45, 7) is 8.21. The smallest absolute Gasteiger partial charge is 0.324 e. The number of ether oxygens (including phenoxy) is 2. The number of hydrogen-bond donors (Lipinski definition) is 0. The average molecular weight is 276 g/mol. The Morgan fingerprint density at radius 3 is 2.30 bits per heavy atom. The molecule has 1 spiro atoms. The number of carbonyl (C=O) groups is 2. The normalized spacial score (nSPS) is 35.4. The van der Waals surface area contributed by atoms with Gasteiger partial charge in [0, 0.05) is 5.41 Å². The van der Waals surface area contributed by atoms with Crippen molar-refractivity contribution in [3.63, 3.8) is 0 Å². The third kappa shape index (κ3) is 1.32. The second-order valence-electron chi connectivity index (χ2n) is 5.85. The van der Waals surface area contributed by atoms with Crippen LogP contribution in [0.3, 0.4) is 0 Å². The lowest BCUT2D eigenvalue weighted by Crippen LogP contribution is -2.37. The van der Waals surface area contributed by atoms with Gasteiger partial charge >= 0.3 is 11.9 Å². The predicted molar refractivity (Wildman–Crippen MR) is 72.6 cm³/mol. The molecule has 4 nitrogen and oxygen atoms in total. The summed E-state index contributed by atoms with van der Waals surface area (Å²) in [6, 6.07) is 0. The highest BCUT2D eigenvalue weighted by atomic mass is 16.6. The van der Waals surface area contributed by atoms with Crippen LogP contribution in [0.2, 0.25) is 0 Å². The standard InChI is InChI=1S/C16H20O4/c1-4-19-13(17)16(14(18)20-5-2)9-15(16)10(3)11-6-7-12(15)8-11/h6-7,11-12H,3-5,8-9H2,1-2H3/t11-,12+,15-/m0/s1. The minimum absolute atomic E-state index is 0.216. The maximum Gasteiger partial charge on any atom is 0.324 e. The van der Waals surface area contributed by atoms with Crippen LogP contribution in [0.4, 0.5) is 0 Å². The average Bonchev–Trinajstić information content (AvgIpc) is 2.76. The fourth-order valence-electron chi connectivity index (χ4n) is 4.20. The van der Waals surface area contributed by atoms with E-state index in [-0.39, 0.29) is 19.1 Å². The molecule has 2 fully saturated rings. The van der Waals surface area contributed by atoms with Gasteiger partial charge in [0.25, 0.3) is 0 Å². The second kappa shape index (κ2) is 4.21. The summed E-state index contributed by atoms with van der Waals surface area (Å²) in [5, 5.41) is 0. The quantitative estimate of drug-likeness (QED) is 0.449. The summed E-state index contributed by atoms with van der Waals surface area (Å²) in [6.07, 6.45) is 5.71. The van der Waals surface area contributed by atoms with Gasteiger partial charge < -0.3 is 9.47 Å². The summed E-state index contributed by atoms with van der Waals surface area (Å²) < 4.78 is 10.3. The maximum absolute atomic E-state index is 12.4. The zero-order chi connectivity index (χ0) is 14.5. The molecule has 3 aliphatic carbocycles. The molecule has 0 heterocycles. The molecule has 3 atom stereocenters. The van der Waals surface area contributed by atoms with Gasteiger partial charge in [-0.1, -0.05) is 24.3 Å². The van der Waals surface area contributed by atoms with Crippen LogP contribution in [0.25, 0.3) is 0 Å². The molecule has 0 N–H and O–H groups in total. The van der Waals surface area contributed by atoms with Crippen molar-refractivity contribution in [2.45, 2.75) is 26.7 Å². The van der Waals surface area contributed by atoms with Crippen LogP contribution in [0, 0.1) is 22.7 Å². The molecular formula is C16H20O4. The van der Waals surface area contributed by atoms with Gasteiger partial charge in [-0.25, -0.2) is 0 Å². The monoisotopic (exact) mass is 276 g/mol. The van der Waals surface area contributed by atoms with Gasteiger partial charge in [-0.15, -0.1) is 0 Å². The van der Waals surface area contributed by atoms with Crippen molar-refractivity contribution in [2.24, 2.45) is 22.7 Å². The van der Waals surface area contributed by atoms with Crippen molar-refractivity contribution in [1.29, 1.82) is 0 Å². The van der Waals surface area contributed by atoms with Crippen LogP contribution in [0.1, 0.15) is 26.7 Å². The number of hydrogen-bond acceptors (Lipinski definition) is 4. The molecule has 0 aliphatic heterocycles. The van der Waals surface area contributed by atoms with E-state index in [1.54, 1.807) is 13.8 Å². The third-order valence-corrected chi connectivity index (χ3v) is 5.17. The first-order chi connectivity index (χ1) is 9.54. The zero-order valence-electron chi connectivity index (χ0n) is 12.0. The summed E-state index contributed by atoms with van der Waals surface area (Å²) in [4.78, 5) is 24.9. The Kier molecular flexibility index (Phi) is 2.82. The van der Waals surface area contributed by atoms with Crippen molar-refractivity contribution >= 4 is 11.9 Å². The fraction of sp³-hybridized carbons (Fsp3) is 0.625. The number of carbonyl (C=O) groups excluding carboxylic acids is 2. The molecular weight excluding hydrogens is 256 g/mol. The van der Waals surface area contributed by atoms with Crippen LogP contribution in [-0.2, 0) is 19.1 Å². The highest BCUT2D eigenvalue weighted by Crippen LogP contribution is 2.79. The van der Waals surface area contributed by atoms with Gasteiger partial charge in [-0.3, -0.25) is 9.59 Å². The van der Waals surface area contributed by atoms with Crippen molar-refractivity contribution < 1.29 is 19.1 Å². The van der Waals surface area contributed by atoms with E-state index < -0.39 is 22.8 Å². The molecule has 108 valence electrons. The molecule has 20 heavy (non-hydrogen) atoms.